The Kier molecular flexibility index (Phi) is 52.9. The van der Waals surface area contributed by atoms with Crippen LogP contribution >= 0.6 is 0 Å². The van der Waals surface area contributed by atoms with Crippen molar-refractivity contribution in [2.75, 3.05) is 45.8 Å². The number of rotatable bonds is 67. The number of nitrogens with one attached hydrogen (secondary N) is 21. The van der Waals surface area contributed by atoms with E-state index in [1.165, 1.54) is 18.0 Å². The van der Waals surface area contributed by atoms with Crippen LogP contribution in [-0.4, -0.2) is 287 Å². The summed E-state index contributed by atoms with van der Waals surface area (Å²) >= 11 is 0. The maximum atomic E-state index is 15.4. The van der Waals surface area contributed by atoms with Gasteiger partial charge in [0.15, 0.2) is 17.9 Å². The molecule has 0 radical (unpaired) electrons. The van der Waals surface area contributed by atoms with Crippen LogP contribution in [0.5, 0.6) is 0 Å². The quantitative estimate of drug-likeness (QED) is 0.0142. The number of benzene rings is 2. The number of fused-ring (bicyclic) bond motifs is 1. The fraction of sp³-hybridized carbons (Fsp3) is 0.604. The van der Waals surface area contributed by atoms with Crippen LogP contribution in [0, 0.1) is 34.0 Å². The molecule has 1 aliphatic heterocycles. The molecule has 1 aliphatic rings. The predicted molar refractivity (Wildman–Crippen MR) is 522 cm³/mol. The van der Waals surface area contributed by atoms with Gasteiger partial charge in [0.2, 0.25) is 100 Å². The zero-order valence-corrected chi connectivity index (χ0v) is 81.6. The van der Waals surface area contributed by atoms with Crippen molar-refractivity contribution in [1.29, 1.82) is 16.2 Å². The Hall–Kier alpha value is -14.4. The number of para-hydroxylation sites is 1. The Morgan fingerprint density at radius 3 is 1.30 bits per heavy atom. The highest BCUT2D eigenvalue weighted by molar-refractivity contribution is 6.02. The first kappa shape index (κ1) is 120. The van der Waals surface area contributed by atoms with Gasteiger partial charge in [-0.25, -0.2) is 4.79 Å². The Morgan fingerprint density at radius 2 is 0.838 bits per heavy atom. The number of carbonyl (C=O) groups is 19. The van der Waals surface area contributed by atoms with Crippen LogP contribution in [0.4, 0.5) is 0 Å². The van der Waals surface area contributed by atoms with Gasteiger partial charge in [-0.15, -0.1) is 0 Å². The minimum atomic E-state index is -2.10. The van der Waals surface area contributed by atoms with Crippen LogP contribution < -0.4 is 136 Å². The van der Waals surface area contributed by atoms with E-state index >= 15 is 28.8 Å². The third-order valence-electron chi connectivity index (χ3n) is 23.2. The zero-order chi connectivity index (χ0) is 106. The predicted octanol–water partition coefficient (Wildman–Crippen LogP) is -6.40. The number of aromatic amines is 1. The van der Waals surface area contributed by atoms with E-state index in [1.54, 1.807) is 96.1 Å². The van der Waals surface area contributed by atoms with Crippen LogP contribution in [0.3, 0.4) is 0 Å². The lowest BCUT2D eigenvalue weighted by atomic mass is 9.96. The summed E-state index contributed by atoms with van der Waals surface area (Å²) in [5.74, 6) is -22.2. The van der Waals surface area contributed by atoms with Crippen molar-refractivity contribution in [3.05, 3.63) is 71.9 Å². The second kappa shape index (κ2) is 62.6. The topological polar surface area (TPSA) is 868 Å². The first-order valence-corrected chi connectivity index (χ1v) is 47.7. The van der Waals surface area contributed by atoms with E-state index in [1.807, 2.05) is 0 Å². The molecular formula is C91H148N30O21. The number of guanidine groups is 3. The summed E-state index contributed by atoms with van der Waals surface area (Å²) in [6.45, 7) is 11.5. The SMILES string of the molecule is CC[C@H](C)[C@H](NC(=O)[C@H](CCCNC(=N)N)NC(=O)[C@H](CCCNC(=N)N)NC(=O)[C@H](CC(C)C)NC(=O)[C@H](Cc1ccccc1)NC(=O)CNC(=O)[C@@H](C)N)C(=O)N[C@@H](CCCNC(=N)N)C(=O)N1CCC[C@H]1C(=O)N[C@@H](CCCCN)C(=O)N[C@@H](CC(C)C)C(=O)N[C@@H](CCCCN)C(=O)N[C@@H](Cc1c[nH]c2ccccc12)C(=O)N[C@@H](CC(=O)O)C(=O)N[C@@H](CC(N)=O)C(=O)N[C@@H](CCC(N)=O)C(=O)O. The summed E-state index contributed by atoms with van der Waals surface area (Å²) in [6.07, 6.45) is -1.26. The molecule has 51 heteroatoms. The summed E-state index contributed by atoms with van der Waals surface area (Å²) in [6, 6.07) is -7.58. The Labute approximate surface area is 823 Å². The monoisotopic (exact) mass is 2000 g/mol. The summed E-state index contributed by atoms with van der Waals surface area (Å²) in [7, 11) is 0. The van der Waals surface area contributed by atoms with Crippen LogP contribution in [0.2, 0.25) is 0 Å². The molecule has 17 amide bonds. The lowest BCUT2D eigenvalue weighted by Crippen LogP contribution is -2.61. The van der Waals surface area contributed by atoms with Gasteiger partial charge in [0.1, 0.15) is 84.6 Å². The van der Waals surface area contributed by atoms with Crippen molar-refractivity contribution in [1.82, 2.24) is 100 Å². The molecule has 0 bridgehead atoms. The minimum absolute atomic E-state index is 0.000645. The van der Waals surface area contributed by atoms with E-state index in [2.05, 4.69) is 95.4 Å². The molecule has 0 saturated carbocycles. The van der Waals surface area contributed by atoms with Gasteiger partial charge in [0, 0.05) is 62.5 Å². The molecule has 0 aliphatic carbocycles. The fourth-order valence-corrected chi connectivity index (χ4v) is 15.5. The Morgan fingerprint density at radius 1 is 0.430 bits per heavy atom. The second-order valence-electron chi connectivity index (χ2n) is 36.0. The van der Waals surface area contributed by atoms with E-state index in [4.69, 9.17) is 62.1 Å². The summed E-state index contributed by atoms with van der Waals surface area (Å²) < 4.78 is 0. The van der Waals surface area contributed by atoms with Crippen molar-refractivity contribution in [3.63, 3.8) is 0 Å². The van der Waals surface area contributed by atoms with Crippen molar-refractivity contribution < 1.29 is 101 Å². The number of aromatic nitrogens is 1. The molecule has 1 fully saturated rings. The number of carboxylic acids is 2. The molecule has 142 heavy (non-hydrogen) atoms. The van der Waals surface area contributed by atoms with Crippen LogP contribution in [0.25, 0.3) is 10.9 Å². The number of amides is 17. The van der Waals surface area contributed by atoms with Gasteiger partial charge in [-0.3, -0.25) is 103 Å². The number of unbranched alkanes of at least 4 members (excludes halogenated alkanes) is 2. The molecule has 0 spiro atoms. The fourth-order valence-electron chi connectivity index (χ4n) is 15.5. The molecule has 1 aromatic heterocycles. The number of carboxylic acid groups (broad SMARTS) is 2. The second-order valence-corrected chi connectivity index (χ2v) is 36.0. The first-order chi connectivity index (χ1) is 67.2. The molecular weight excluding hydrogens is 1850 g/mol. The number of primary amides is 2. The van der Waals surface area contributed by atoms with Crippen LogP contribution in [0.1, 0.15) is 194 Å². The third kappa shape index (κ3) is 44.0. The molecule has 2 aromatic carbocycles. The number of nitrogens with zero attached hydrogens (tertiary/aromatic N) is 1. The summed E-state index contributed by atoms with van der Waals surface area (Å²) in [4.78, 5) is 270. The molecule has 1 saturated heterocycles. The lowest BCUT2D eigenvalue weighted by molar-refractivity contribution is -0.144. The number of carbonyl (C=O) groups excluding carboxylic acids is 17. The highest BCUT2D eigenvalue weighted by atomic mass is 16.4. The number of likely N-dealkylation sites (tertiary alicyclic amines) is 1. The maximum Gasteiger partial charge on any atom is 0.326 e. The van der Waals surface area contributed by atoms with Gasteiger partial charge in [-0.1, -0.05) is 96.5 Å². The van der Waals surface area contributed by atoms with Gasteiger partial charge in [0.25, 0.3) is 0 Å². The highest BCUT2D eigenvalue weighted by Gasteiger charge is 2.43. The maximum absolute atomic E-state index is 15.4. The summed E-state index contributed by atoms with van der Waals surface area (Å²) in [5.41, 5.74) is 46.6. The van der Waals surface area contributed by atoms with E-state index in [9.17, 15) is 72.5 Å². The normalized spacial score (nSPS) is 15.4. The number of hydrogen-bond acceptors (Lipinski definition) is 25. The molecule has 2 heterocycles. The molecule has 4 rings (SSSR count). The van der Waals surface area contributed by atoms with Crippen molar-refractivity contribution in [3.8, 4) is 0 Å². The average Bonchev–Trinajstić information content (AvgIpc) is 1.65. The number of aliphatic carboxylic acids is 2. The van der Waals surface area contributed by atoms with Crippen molar-refractivity contribution >= 4 is 141 Å². The van der Waals surface area contributed by atoms with Crippen molar-refractivity contribution in [2.45, 2.75) is 287 Å². The zero-order valence-electron chi connectivity index (χ0n) is 81.6. The van der Waals surface area contributed by atoms with E-state index < -0.39 is 259 Å². The Bertz CT molecular complexity index is 4790. The van der Waals surface area contributed by atoms with Crippen molar-refractivity contribution in [2.24, 2.45) is 63.6 Å². The van der Waals surface area contributed by atoms with Gasteiger partial charge in [0.05, 0.1) is 25.4 Å². The smallest absolute Gasteiger partial charge is 0.326 e. The van der Waals surface area contributed by atoms with E-state index in [-0.39, 0.29) is 160 Å². The Balaban J connectivity index is 1.70. The highest BCUT2D eigenvalue weighted by Crippen LogP contribution is 2.24. The number of H-pyrrole nitrogens is 1. The molecule has 39 N–H and O–H groups in total. The van der Waals surface area contributed by atoms with Gasteiger partial charge >= 0.3 is 11.9 Å². The van der Waals surface area contributed by atoms with Gasteiger partial charge in [-0.05, 0) is 164 Å². The van der Waals surface area contributed by atoms with E-state index in [0.717, 1.165) is 0 Å². The van der Waals surface area contributed by atoms with E-state index in [0.29, 0.717) is 34.9 Å². The molecule has 16 atom stereocenters. The lowest BCUT2D eigenvalue weighted by Gasteiger charge is -2.32. The van der Waals surface area contributed by atoms with Gasteiger partial charge < -0.3 is 156 Å². The molecule has 0 unspecified atom stereocenters. The molecule has 51 nitrogen and oxygen atoms in total. The number of hydrogen-bond donors (Lipinski definition) is 31. The average molecular weight is 2000 g/mol. The largest absolute Gasteiger partial charge is 0.481 e. The number of nitrogens with two attached hydrogens (primary N) is 8. The molecule has 3 aromatic rings. The first-order valence-electron chi connectivity index (χ1n) is 47.7. The van der Waals surface area contributed by atoms with Gasteiger partial charge in [-0.2, -0.15) is 0 Å². The third-order valence-corrected chi connectivity index (χ3v) is 23.2. The van der Waals surface area contributed by atoms with Crippen LogP contribution in [0.15, 0.2) is 60.8 Å². The van der Waals surface area contributed by atoms with Crippen LogP contribution in [-0.2, 0) is 104 Å². The molecule has 788 valence electrons. The minimum Gasteiger partial charge on any atom is -0.481 e. The summed E-state index contributed by atoms with van der Waals surface area (Å²) in [5, 5.41) is 87.9. The standard InChI is InChI=1S/C91H148N30O21/c1-8-50(6)73(120-78(131)59(29-19-37-104-90(99)100)109-75(128)58(28-18-36-103-89(97)98)111-80(133)63(41-49(4)5)116-81(134)64(42-52-22-10-9-11-23-52)108-71(124)47-107-74(127)51(7)94)86(139)113-60(30-20-38-105-91(101)102)87(140)121-39-21-31-68(121)85(138)112-57(27-15-17-35-93)77(130)115-62(40-48(2)3)79(132)110-56(26-14-16-34-92)76(129)117-65(43-53-46-106-55-25-13-12-24-54(53)55)82(135)119-67(45-72(125)126)84(137)118-66(44-70(96)123)83(136)114-61(88(141)142)32-33-69(95)122/h9-13,22-25,46,48-51,56-68,73,106H,8,14-21,26-45,47,92-94H2,1-7H3,(H2,95,122)(H2,96,123)(H,107,127)(H,108,124)(H,109,128)(H,110,132)(H,111,133)(H,112,138)(H,113,139)(H,114,136)(H,115,130)(H,116,134)(H,117,129)(H,118,137)(H,119,135)(H,120,131)(H,125,126)(H,141,142)(H4,97,98,103)(H4,99,100,104)(H4,101,102,105)/t50-,51+,56-,57-,58-,59-,60-,61-,62-,63-,64-,65-,66-,67-,68-,73-/m0/s1.